The molecule has 4 N–H and O–H groups in total. The predicted octanol–water partition coefficient (Wildman–Crippen LogP) is 5.84. The van der Waals surface area contributed by atoms with Crippen molar-refractivity contribution in [2.75, 3.05) is 0 Å². The molecule has 8 heteroatoms. The van der Waals surface area contributed by atoms with Gasteiger partial charge in [0.1, 0.15) is 5.75 Å². The Morgan fingerprint density at radius 1 is 0.912 bits per heavy atom. The minimum Gasteiger partial charge on any atom is -0.508 e. The average molecular weight is 470 g/mol. The number of halogens is 3. The van der Waals surface area contributed by atoms with E-state index in [9.17, 15) is 28.5 Å². The molecule has 0 aliphatic rings. The van der Waals surface area contributed by atoms with Crippen molar-refractivity contribution in [1.29, 1.82) is 0 Å². The van der Waals surface area contributed by atoms with Crippen molar-refractivity contribution in [3.63, 3.8) is 0 Å². The fourth-order valence-electron chi connectivity index (χ4n) is 4.47. The van der Waals surface area contributed by atoms with E-state index in [0.29, 0.717) is 16.5 Å². The van der Waals surface area contributed by atoms with Crippen LogP contribution in [-0.2, 0) is 11.8 Å². The topological polar surface area (TPSA) is 89.4 Å². The number of hydrogen-bond donors (Lipinski definition) is 4. The third-order valence-corrected chi connectivity index (χ3v) is 6.12. The maximum Gasteiger partial charge on any atom is 0.417 e. The van der Waals surface area contributed by atoms with E-state index in [0.717, 1.165) is 11.1 Å². The first-order valence-electron chi connectivity index (χ1n) is 10.7. The Labute approximate surface area is 194 Å². The second-order valence-corrected chi connectivity index (χ2v) is 9.29. The van der Waals surface area contributed by atoms with E-state index in [1.165, 1.54) is 24.4 Å². The highest BCUT2D eigenvalue weighted by atomic mass is 19.4. The Morgan fingerprint density at radius 3 is 2.29 bits per heavy atom. The van der Waals surface area contributed by atoms with Gasteiger partial charge in [-0.15, -0.1) is 0 Å². The highest BCUT2D eigenvalue weighted by molar-refractivity contribution is 5.80. The van der Waals surface area contributed by atoms with Gasteiger partial charge in [0.25, 0.3) is 0 Å². The summed E-state index contributed by atoms with van der Waals surface area (Å²) in [6.45, 7) is 3.14. The van der Waals surface area contributed by atoms with Crippen LogP contribution in [0, 0.1) is 0 Å². The predicted molar refractivity (Wildman–Crippen MR) is 124 cm³/mol. The third-order valence-electron chi connectivity index (χ3n) is 6.12. The van der Waals surface area contributed by atoms with Crippen LogP contribution in [-0.4, -0.2) is 37.1 Å². The molecule has 34 heavy (non-hydrogen) atoms. The standard InChI is InChI=1S/C26H25F3N2O3/c1-24(2,20-11-17(8-9-22(20)32)16-6-4-3-5-7-16)15-25(34,26(27,28)29)13-19-10-18-12-23(33)30-14-21(18)31-19/h3-12,14,31-32,34H,13,15H2,1-2H3,(H,30,33). The maximum absolute atomic E-state index is 14.2. The van der Waals surface area contributed by atoms with Gasteiger partial charge in [0, 0.05) is 29.1 Å². The van der Waals surface area contributed by atoms with Crippen molar-refractivity contribution in [3.8, 4) is 22.8 Å². The number of rotatable bonds is 6. The molecule has 0 fully saturated rings. The fourth-order valence-corrected chi connectivity index (χ4v) is 4.47. The zero-order chi connectivity index (χ0) is 24.7. The summed E-state index contributed by atoms with van der Waals surface area (Å²) in [4.78, 5) is 6.55. The van der Waals surface area contributed by atoms with Gasteiger partial charge in [-0.1, -0.05) is 50.2 Å². The van der Waals surface area contributed by atoms with Crippen LogP contribution in [0.15, 0.2) is 66.9 Å². The van der Waals surface area contributed by atoms with Crippen molar-refractivity contribution in [1.82, 2.24) is 9.97 Å². The molecular weight excluding hydrogens is 445 g/mol. The lowest BCUT2D eigenvalue weighted by Gasteiger charge is -2.38. The molecule has 2 aromatic carbocycles. The molecule has 2 aromatic heterocycles. The van der Waals surface area contributed by atoms with Gasteiger partial charge in [-0.25, -0.2) is 4.98 Å². The molecule has 4 aromatic rings. The second kappa shape index (κ2) is 8.36. The Hall–Kier alpha value is -3.52. The first kappa shape index (κ1) is 23.6. The number of fused-ring (bicyclic) bond motifs is 1. The van der Waals surface area contributed by atoms with Crippen molar-refractivity contribution < 1.29 is 28.5 Å². The number of aromatic amines is 1. The highest BCUT2D eigenvalue weighted by Crippen LogP contribution is 2.45. The van der Waals surface area contributed by atoms with Crippen molar-refractivity contribution >= 4 is 10.9 Å². The monoisotopic (exact) mass is 470 g/mol. The number of alkyl halides is 3. The van der Waals surface area contributed by atoms with E-state index in [4.69, 9.17) is 0 Å². The molecule has 0 amide bonds. The molecule has 4 rings (SSSR count). The molecule has 1 unspecified atom stereocenters. The Kier molecular flexibility index (Phi) is 5.81. The number of phenols is 1. The summed E-state index contributed by atoms with van der Waals surface area (Å²) in [5, 5.41) is 31.5. The SMILES string of the molecule is CC(C)(CC(O)(Cc1cc2cc(O)ncc2[nH]1)C(F)(F)F)c1cc(-c2ccccc2)ccc1O. The van der Waals surface area contributed by atoms with Crippen molar-refractivity contribution in [2.24, 2.45) is 0 Å². The number of H-pyrrole nitrogens is 1. The van der Waals surface area contributed by atoms with Gasteiger partial charge in [0.2, 0.25) is 5.88 Å². The van der Waals surface area contributed by atoms with Crippen LogP contribution >= 0.6 is 0 Å². The number of aliphatic hydroxyl groups is 1. The van der Waals surface area contributed by atoms with Crippen molar-refractivity contribution in [2.45, 2.75) is 43.9 Å². The van der Waals surface area contributed by atoms with Crippen LogP contribution in [0.25, 0.3) is 22.0 Å². The van der Waals surface area contributed by atoms with Crippen LogP contribution in [0.4, 0.5) is 13.2 Å². The smallest absolute Gasteiger partial charge is 0.417 e. The number of hydrogen-bond acceptors (Lipinski definition) is 4. The van der Waals surface area contributed by atoms with Crippen LogP contribution in [0.5, 0.6) is 11.6 Å². The molecule has 5 nitrogen and oxygen atoms in total. The lowest BCUT2D eigenvalue weighted by atomic mass is 9.72. The summed E-state index contributed by atoms with van der Waals surface area (Å²) in [5.41, 5.74) is -1.79. The molecule has 0 saturated heterocycles. The van der Waals surface area contributed by atoms with Gasteiger partial charge >= 0.3 is 6.18 Å². The summed E-state index contributed by atoms with van der Waals surface area (Å²) in [7, 11) is 0. The van der Waals surface area contributed by atoms with Crippen LogP contribution in [0.1, 0.15) is 31.5 Å². The molecule has 0 spiro atoms. The van der Waals surface area contributed by atoms with Gasteiger partial charge < -0.3 is 20.3 Å². The quantitative estimate of drug-likeness (QED) is 0.285. The number of aromatic nitrogens is 2. The number of aromatic hydroxyl groups is 2. The molecule has 178 valence electrons. The summed E-state index contributed by atoms with van der Waals surface area (Å²) in [6, 6.07) is 16.9. The van der Waals surface area contributed by atoms with Gasteiger partial charge in [-0.05, 0) is 41.2 Å². The number of phenolic OH excluding ortho intramolecular Hbond substituents is 1. The summed E-state index contributed by atoms with van der Waals surface area (Å²) >= 11 is 0. The highest BCUT2D eigenvalue weighted by Gasteiger charge is 2.56. The van der Waals surface area contributed by atoms with Gasteiger partial charge in [-0.3, -0.25) is 0 Å². The number of benzene rings is 2. The summed E-state index contributed by atoms with van der Waals surface area (Å²) in [6.07, 6.45) is -5.03. The van der Waals surface area contributed by atoms with Crippen LogP contribution < -0.4 is 0 Å². The molecule has 0 bridgehead atoms. The van der Waals surface area contributed by atoms with Gasteiger partial charge in [0.05, 0.1) is 11.7 Å². The third kappa shape index (κ3) is 4.59. The van der Waals surface area contributed by atoms with E-state index in [1.807, 2.05) is 30.3 Å². The van der Waals surface area contributed by atoms with Gasteiger partial charge in [0.15, 0.2) is 5.60 Å². The second-order valence-electron chi connectivity index (χ2n) is 9.29. The average Bonchev–Trinajstić information content (AvgIpc) is 3.14. The minimum absolute atomic E-state index is 0.138. The Balaban J connectivity index is 1.70. The lowest BCUT2D eigenvalue weighted by Crippen LogP contribution is -2.50. The Bertz CT molecular complexity index is 1320. The number of pyridine rings is 1. The van der Waals surface area contributed by atoms with Crippen LogP contribution in [0.3, 0.4) is 0 Å². The summed E-state index contributed by atoms with van der Waals surface area (Å²) in [5.74, 6) is -0.389. The summed E-state index contributed by atoms with van der Waals surface area (Å²) < 4.78 is 42.7. The minimum atomic E-state index is -4.94. The Morgan fingerprint density at radius 2 is 1.62 bits per heavy atom. The van der Waals surface area contributed by atoms with E-state index < -0.39 is 30.0 Å². The zero-order valence-corrected chi connectivity index (χ0v) is 18.7. The largest absolute Gasteiger partial charge is 0.508 e. The molecular formula is C26H25F3N2O3. The molecule has 2 heterocycles. The lowest BCUT2D eigenvalue weighted by molar-refractivity contribution is -0.266. The zero-order valence-electron chi connectivity index (χ0n) is 18.7. The first-order valence-corrected chi connectivity index (χ1v) is 10.7. The van der Waals surface area contributed by atoms with E-state index >= 15 is 0 Å². The normalized spacial score (nSPS) is 14.3. The number of nitrogens with one attached hydrogen (secondary N) is 1. The van der Waals surface area contributed by atoms with E-state index in [2.05, 4.69) is 9.97 Å². The first-order chi connectivity index (χ1) is 15.9. The van der Waals surface area contributed by atoms with E-state index in [-0.39, 0.29) is 17.3 Å². The van der Waals surface area contributed by atoms with Gasteiger partial charge in [-0.2, -0.15) is 13.2 Å². The van der Waals surface area contributed by atoms with E-state index in [1.54, 1.807) is 26.0 Å². The van der Waals surface area contributed by atoms with Crippen molar-refractivity contribution in [3.05, 3.63) is 78.1 Å². The fraction of sp³-hybridized carbons (Fsp3) is 0.269. The molecule has 0 radical (unpaired) electrons. The number of nitrogens with zero attached hydrogens (tertiary/aromatic N) is 1. The van der Waals surface area contributed by atoms with Crippen LogP contribution in [0.2, 0.25) is 0 Å². The molecule has 0 aliphatic heterocycles. The molecule has 0 aliphatic carbocycles. The molecule has 1 atom stereocenters. The molecule has 0 saturated carbocycles. The maximum atomic E-state index is 14.2.